The van der Waals surface area contributed by atoms with Crippen molar-refractivity contribution in [3.05, 3.63) is 101 Å². The second kappa shape index (κ2) is 13.0. The number of nitrogens with zero attached hydrogens (tertiary/aromatic N) is 6. The van der Waals surface area contributed by atoms with Crippen molar-refractivity contribution < 1.29 is 24.5 Å². The summed E-state index contributed by atoms with van der Waals surface area (Å²) in [5.74, 6) is 1.22. The summed E-state index contributed by atoms with van der Waals surface area (Å²) in [6, 6.07) is 13.9. The van der Waals surface area contributed by atoms with Gasteiger partial charge < -0.3 is 28.8 Å². The lowest BCUT2D eigenvalue weighted by atomic mass is 10.1. The molecule has 44 heavy (non-hydrogen) atoms. The number of hydrogen-bond acceptors (Lipinski definition) is 8. The summed E-state index contributed by atoms with van der Waals surface area (Å²) in [6.07, 6.45) is 7.05. The molecule has 0 atom stereocenters. The zero-order valence-corrected chi connectivity index (χ0v) is 25.0. The van der Waals surface area contributed by atoms with Gasteiger partial charge in [0.1, 0.15) is 30.0 Å². The van der Waals surface area contributed by atoms with Crippen molar-refractivity contribution in [2.75, 3.05) is 13.1 Å². The van der Waals surface area contributed by atoms with Gasteiger partial charge in [-0.25, -0.2) is 14.8 Å². The minimum atomic E-state index is -0.963. The van der Waals surface area contributed by atoms with E-state index in [-0.39, 0.29) is 24.9 Å². The largest absolute Gasteiger partial charge is 0.490 e. The average Bonchev–Trinajstić information content (AvgIpc) is 3.59. The van der Waals surface area contributed by atoms with E-state index in [0.717, 1.165) is 59.9 Å². The molecule has 0 unspecified atom stereocenters. The molecule has 2 N–H and O–H groups in total. The Labute approximate surface area is 259 Å². The Balaban J connectivity index is 1.09. The zero-order valence-electron chi connectivity index (χ0n) is 24.3. The standard InChI is InChI=1S/C32H33ClN6O5/c1-37-20-34-15-25(37)16-39-29-13-21(32(41)42)2-4-28(29)36-31(39)17-38-10-7-26(8-11-38)44-27-6-9-35-24(14-27)19-43-30-5-3-23(33)12-22(30)18-40/h2-6,9,12-15,20,26,40H,7-8,10-11,16-19H2,1H3,(H,41,42). The Morgan fingerprint density at radius 3 is 2.68 bits per heavy atom. The molecule has 0 radical (unpaired) electrons. The van der Waals surface area contributed by atoms with E-state index in [1.54, 1.807) is 48.9 Å². The maximum atomic E-state index is 11.7. The number of ether oxygens (including phenoxy) is 2. The lowest BCUT2D eigenvalue weighted by Crippen LogP contribution is -2.38. The Hall–Kier alpha value is -4.45. The van der Waals surface area contributed by atoms with Crippen LogP contribution in [0.5, 0.6) is 11.5 Å². The first-order valence-corrected chi connectivity index (χ1v) is 14.8. The Morgan fingerprint density at radius 1 is 1.09 bits per heavy atom. The van der Waals surface area contributed by atoms with Crippen LogP contribution in [0.2, 0.25) is 5.02 Å². The van der Waals surface area contributed by atoms with Crippen molar-refractivity contribution in [2.24, 2.45) is 7.05 Å². The highest BCUT2D eigenvalue weighted by molar-refractivity contribution is 6.30. The number of halogens is 1. The molecule has 2 aromatic carbocycles. The van der Waals surface area contributed by atoms with Crippen LogP contribution in [0.1, 0.15) is 46.0 Å². The summed E-state index contributed by atoms with van der Waals surface area (Å²) >= 11 is 6.02. The number of aromatic carboxylic acids is 1. The molecule has 0 amide bonds. The van der Waals surface area contributed by atoms with E-state index in [1.807, 2.05) is 29.9 Å². The van der Waals surface area contributed by atoms with Crippen LogP contribution in [0.4, 0.5) is 0 Å². The summed E-state index contributed by atoms with van der Waals surface area (Å²) in [4.78, 5) is 27.6. The highest BCUT2D eigenvalue weighted by atomic mass is 35.5. The van der Waals surface area contributed by atoms with Gasteiger partial charge in [-0.3, -0.25) is 9.88 Å². The lowest BCUT2D eigenvalue weighted by Gasteiger charge is -2.32. The number of benzene rings is 2. The fraction of sp³-hybridized carbons (Fsp3) is 0.312. The smallest absolute Gasteiger partial charge is 0.335 e. The van der Waals surface area contributed by atoms with Crippen LogP contribution in [-0.2, 0) is 33.4 Å². The summed E-state index contributed by atoms with van der Waals surface area (Å²) in [6.45, 7) is 2.91. The van der Waals surface area contributed by atoms with E-state index in [4.69, 9.17) is 26.1 Å². The first kappa shape index (κ1) is 29.6. The van der Waals surface area contributed by atoms with Gasteiger partial charge in [0.25, 0.3) is 0 Å². The normalized spacial score (nSPS) is 14.2. The minimum absolute atomic E-state index is 0.0612. The number of rotatable bonds is 11. The van der Waals surface area contributed by atoms with E-state index in [9.17, 15) is 15.0 Å². The van der Waals surface area contributed by atoms with Crippen molar-refractivity contribution in [2.45, 2.75) is 45.2 Å². The highest BCUT2D eigenvalue weighted by Gasteiger charge is 2.23. The quantitative estimate of drug-likeness (QED) is 0.217. The predicted octanol–water partition coefficient (Wildman–Crippen LogP) is 4.68. The van der Waals surface area contributed by atoms with Crippen LogP contribution in [0.3, 0.4) is 0 Å². The van der Waals surface area contributed by atoms with Crippen molar-refractivity contribution in [1.29, 1.82) is 0 Å². The number of hydrogen-bond donors (Lipinski definition) is 2. The topological polar surface area (TPSA) is 128 Å². The number of aliphatic hydroxyl groups excluding tert-OH is 1. The Morgan fingerprint density at radius 2 is 1.93 bits per heavy atom. The van der Waals surface area contributed by atoms with Crippen molar-refractivity contribution in [3.63, 3.8) is 0 Å². The number of pyridine rings is 1. The van der Waals surface area contributed by atoms with Gasteiger partial charge in [0, 0.05) is 49.2 Å². The van der Waals surface area contributed by atoms with Gasteiger partial charge >= 0.3 is 5.97 Å². The van der Waals surface area contributed by atoms with Gasteiger partial charge in [-0.05, 0) is 55.3 Å². The fourth-order valence-corrected chi connectivity index (χ4v) is 5.65. The van der Waals surface area contributed by atoms with E-state index < -0.39 is 5.97 Å². The number of piperidine rings is 1. The van der Waals surface area contributed by atoms with Gasteiger partial charge in [0.2, 0.25) is 0 Å². The molecule has 12 heteroatoms. The number of carboxylic acids is 1. The predicted molar refractivity (Wildman–Crippen MR) is 164 cm³/mol. The highest BCUT2D eigenvalue weighted by Crippen LogP contribution is 2.26. The molecule has 0 saturated carbocycles. The van der Waals surface area contributed by atoms with Gasteiger partial charge in [-0.2, -0.15) is 0 Å². The SMILES string of the molecule is Cn1cncc1Cn1c(CN2CCC(Oc3ccnc(COc4ccc(Cl)cc4CO)c3)CC2)nc2ccc(C(=O)O)cc21. The summed E-state index contributed by atoms with van der Waals surface area (Å²) in [5, 5.41) is 19.7. The first-order chi connectivity index (χ1) is 21.4. The molecule has 1 aliphatic rings. The van der Waals surface area contributed by atoms with Crippen molar-refractivity contribution in [3.8, 4) is 11.5 Å². The van der Waals surface area contributed by atoms with Crippen LogP contribution < -0.4 is 9.47 Å². The third-order valence-electron chi connectivity index (χ3n) is 7.87. The van der Waals surface area contributed by atoms with E-state index in [2.05, 4.69) is 19.4 Å². The number of fused-ring (bicyclic) bond motifs is 1. The van der Waals surface area contributed by atoms with Crippen LogP contribution in [0.15, 0.2) is 67.3 Å². The lowest BCUT2D eigenvalue weighted by molar-refractivity contribution is 0.0697. The molecule has 11 nitrogen and oxygen atoms in total. The van der Waals surface area contributed by atoms with Gasteiger partial charge in [-0.15, -0.1) is 0 Å². The monoisotopic (exact) mass is 616 g/mol. The average molecular weight is 617 g/mol. The van der Waals surface area contributed by atoms with Crippen LogP contribution in [0.25, 0.3) is 11.0 Å². The molecule has 0 aliphatic carbocycles. The third kappa shape index (κ3) is 6.70. The van der Waals surface area contributed by atoms with Crippen LogP contribution in [0, 0.1) is 0 Å². The van der Waals surface area contributed by atoms with E-state index in [1.165, 1.54) is 0 Å². The summed E-state index contributed by atoms with van der Waals surface area (Å²) < 4.78 is 16.3. The molecular weight excluding hydrogens is 584 g/mol. The molecule has 1 fully saturated rings. The van der Waals surface area contributed by atoms with Crippen molar-refractivity contribution in [1.82, 2.24) is 29.0 Å². The molecule has 6 rings (SSSR count). The molecule has 1 saturated heterocycles. The summed E-state index contributed by atoms with van der Waals surface area (Å²) in [7, 11) is 1.94. The third-order valence-corrected chi connectivity index (χ3v) is 8.10. The number of carbonyl (C=O) groups is 1. The molecule has 4 heterocycles. The number of carboxylic acid groups (broad SMARTS) is 1. The first-order valence-electron chi connectivity index (χ1n) is 14.4. The number of aryl methyl sites for hydroxylation is 1. The number of likely N-dealkylation sites (tertiary alicyclic amines) is 1. The molecule has 5 aromatic rings. The van der Waals surface area contributed by atoms with E-state index in [0.29, 0.717) is 29.4 Å². The van der Waals surface area contributed by atoms with Gasteiger partial charge in [-0.1, -0.05) is 11.6 Å². The van der Waals surface area contributed by atoms with Crippen LogP contribution >= 0.6 is 11.6 Å². The second-order valence-electron chi connectivity index (χ2n) is 10.9. The molecule has 228 valence electrons. The van der Waals surface area contributed by atoms with Gasteiger partial charge in [0.15, 0.2) is 0 Å². The maximum Gasteiger partial charge on any atom is 0.335 e. The number of aliphatic hydroxyl groups is 1. The molecule has 0 spiro atoms. The maximum absolute atomic E-state index is 11.7. The minimum Gasteiger partial charge on any atom is -0.490 e. The van der Waals surface area contributed by atoms with E-state index >= 15 is 0 Å². The molecule has 3 aromatic heterocycles. The van der Waals surface area contributed by atoms with Gasteiger partial charge in [0.05, 0.1) is 54.0 Å². The Kier molecular flexibility index (Phi) is 8.78. The van der Waals surface area contributed by atoms with Crippen LogP contribution in [-0.4, -0.2) is 64.4 Å². The molecule has 1 aliphatic heterocycles. The molecule has 0 bridgehead atoms. The van der Waals surface area contributed by atoms with Crippen molar-refractivity contribution >= 4 is 28.6 Å². The fourth-order valence-electron chi connectivity index (χ4n) is 5.45. The zero-order chi connectivity index (χ0) is 30.6. The number of aromatic nitrogens is 5. The molecular formula is C32H33ClN6O5. The summed E-state index contributed by atoms with van der Waals surface area (Å²) in [5.41, 5.74) is 4.14. The number of imidazole rings is 2. The second-order valence-corrected chi connectivity index (χ2v) is 11.3. The Bertz CT molecular complexity index is 1780.